The van der Waals surface area contributed by atoms with Gasteiger partial charge in [-0.1, -0.05) is 18.2 Å². The smallest absolute Gasteiger partial charge is 0.169 e. The Hall–Kier alpha value is -1.63. The van der Waals surface area contributed by atoms with Crippen molar-refractivity contribution >= 4 is 17.1 Å². The van der Waals surface area contributed by atoms with Crippen LogP contribution in [0.2, 0.25) is 0 Å². The number of ketones is 1. The number of carbonyl (C=O) groups is 1. The first kappa shape index (κ1) is 17.8. The van der Waals surface area contributed by atoms with Crippen LogP contribution in [-0.2, 0) is 11.2 Å². The standard InChI is InChI=1S/C20H25N3O2S/c1-13-22-23-20(26-13)11-19(24)16-4-2-3-15(9-16)17-10-18(17)21-12-14-5-7-25-8-6-14/h2-4,9,14,17-18,21H,5-8,10-12H2,1H3. The molecule has 1 aliphatic carbocycles. The van der Waals surface area contributed by atoms with Gasteiger partial charge in [0.05, 0.1) is 6.42 Å². The Morgan fingerprint density at radius 3 is 2.92 bits per heavy atom. The Kier molecular flexibility index (Phi) is 5.43. The second kappa shape index (κ2) is 7.94. The summed E-state index contributed by atoms with van der Waals surface area (Å²) < 4.78 is 5.42. The average molecular weight is 372 g/mol. The molecular formula is C20H25N3O2S. The summed E-state index contributed by atoms with van der Waals surface area (Å²) in [6.45, 7) is 4.80. The van der Waals surface area contributed by atoms with E-state index in [0.717, 1.165) is 47.7 Å². The Balaban J connectivity index is 1.32. The van der Waals surface area contributed by atoms with Crippen molar-refractivity contribution in [1.82, 2.24) is 15.5 Å². The van der Waals surface area contributed by atoms with Gasteiger partial charge in [-0.05, 0) is 50.3 Å². The monoisotopic (exact) mass is 371 g/mol. The Labute approximate surface area is 158 Å². The van der Waals surface area contributed by atoms with Crippen LogP contribution in [0.5, 0.6) is 0 Å². The number of ether oxygens (including phenoxy) is 1. The number of rotatable bonds is 7. The maximum atomic E-state index is 12.5. The third kappa shape index (κ3) is 4.37. The van der Waals surface area contributed by atoms with Gasteiger partial charge in [-0.2, -0.15) is 0 Å². The van der Waals surface area contributed by atoms with E-state index >= 15 is 0 Å². The molecule has 1 aromatic carbocycles. The number of hydrogen-bond acceptors (Lipinski definition) is 6. The zero-order chi connectivity index (χ0) is 17.9. The highest BCUT2D eigenvalue weighted by atomic mass is 32.1. The summed E-state index contributed by atoms with van der Waals surface area (Å²) >= 11 is 1.49. The van der Waals surface area contributed by atoms with E-state index in [-0.39, 0.29) is 5.78 Å². The van der Waals surface area contributed by atoms with Gasteiger partial charge >= 0.3 is 0 Å². The Morgan fingerprint density at radius 2 is 2.15 bits per heavy atom. The minimum Gasteiger partial charge on any atom is -0.381 e. The number of benzene rings is 1. The molecule has 138 valence electrons. The van der Waals surface area contributed by atoms with E-state index < -0.39 is 0 Å². The number of carbonyl (C=O) groups excluding carboxylic acids is 1. The third-order valence-electron chi connectivity index (χ3n) is 5.32. The van der Waals surface area contributed by atoms with E-state index in [9.17, 15) is 4.79 Å². The number of nitrogens with one attached hydrogen (secondary N) is 1. The number of nitrogens with zero attached hydrogens (tertiary/aromatic N) is 2. The van der Waals surface area contributed by atoms with Gasteiger partial charge < -0.3 is 10.1 Å². The van der Waals surface area contributed by atoms with Crippen molar-refractivity contribution in [3.8, 4) is 0 Å². The molecule has 0 radical (unpaired) electrons. The topological polar surface area (TPSA) is 64.1 Å². The van der Waals surface area contributed by atoms with E-state index in [1.165, 1.54) is 29.7 Å². The van der Waals surface area contributed by atoms with Gasteiger partial charge in [0.25, 0.3) is 0 Å². The van der Waals surface area contributed by atoms with Crippen LogP contribution in [-0.4, -0.2) is 41.8 Å². The molecule has 0 spiro atoms. The molecule has 1 N–H and O–H groups in total. The average Bonchev–Trinajstić information content (AvgIpc) is 3.34. The van der Waals surface area contributed by atoms with Gasteiger partial charge in [0.1, 0.15) is 10.0 Å². The van der Waals surface area contributed by atoms with Crippen molar-refractivity contribution in [2.24, 2.45) is 5.92 Å². The van der Waals surface area contributed by atoms with Crippen molar-refractivity contribution in [3.05, 3.63) is 45.4 Å². The molecule has 1 aromatic heterocycles. The fourth-order valence-electron chi connectivity index (χ4n) is 3.65. The molecule has 2 unspecified atom stereocenters. The summed E-state index contributed by atoms with van der Waals surface area (Å²) in [5.41, 5.74) is 2.05. The van der Waals surface area contributed by atoms with Crippen LogP contribution in [0, 0.1) is 12.8 Å². The molecule has 0 amide bonds. The summed E-state index contributed by atoms with van der Waals surface area (Å²) in [4.78, 5) is 12.5. The molecular weight excluding hydrogens is 346 g/mol. The molecule has 2 heterocycles. The second-order valence-corrected chi connectivity index (χ2v) is 8.62. The molecule has 5 nitrogen and oxygen atoms in total. The van der Waals surface area contributed by atoms with Gasteiger partial charge in [-0.15, -0.1) is 21.5 Å². The molecule has 1 saturated heterocycles. The van der Waals surface area contributed by atoms with E-state index in [4.69, 9.17) is 4.74 Å². The summed E-state index contributed by atoms with van der Waals surface area (Å²) in [6.07, 6.45) is 3.83. The molecule has 26 heavy (non-hydrogen) atoms. The van der Waals surface area contributed by atoms with Gasteiger partial charge in [-0.25, -0.2) is 0 Å². The highest BCUT2D eigenvalue weighted by Crippen LogP contribution is 2.41. The van der Waals surface area contributed by atoms with Gasteiger partial charge in [0, 0.05) is 30.7 Å². The summed E-state index contributed by atoms with van der Waals surface area (Å²) in [6, 6.07) is 8.67. The second-order valence-electron chi connectivity index (χ2n) is 7.35. The number of hydrogen-bond donors (Lipinski definition) is 1. The number of aryl methyl sites for hydroxylation is 1. The van der Waals surface area contributed by atoms with Crippen LogP contribution >= 0.6 is 11.3 Å². The molecule has 2 atom stereocenters. The van der Waals surface area contributed by atoms with Crippen LogP contribution in [0.1, 0.15) is 51.1 Å². The zero-order valence-electron chi connectivity index (χ0n) is 15.1. The quantitative estimate of drug-likeness (QED) is 0.758. The fraction of sp³-hybridized carbons (Fsp3) is 0.550. The normalized spacial score (nSPS) is 23.1. The zero-order valence-corrected chi connectivity index (χ0v) is 15.9. The van der Waals surface area contributed by atoms with E-state index in [1.54, 1.807) is 0 Å². The van der Waals surface area contributed by atoms with Crippen LogP contribution in [0.3, 0.4) is 0 Å². The number of Topliss-reactive ketones (excluding diaryl/α,β-unsaturated/α-hetero) is 1. The SMILES string of the molecule is Cc1nnc(CC(=O)c2cccc(C3CC3NCC3CCOCC3)c2)s1. The predicted octanol–water partition coefficient (Wildman–Crippen LogP) is 3.14. The van der Waals surface area contributed by atoms with Crippen LogP contribution in [0.15, 0.2) is 24.3 Å². The molecule has 0 bridgehead atoms. The molecule has 1 saturated carbocycles. The van der Waals surface area contributed by atoms with Gasteiger partial charge in [0.15, 0.2) is 5.78 Å². The fourth-order valence-corrected chi connectivity index (χ4v) is 4.36. The van der Waals surface area contributed by atoms with Crippen molar-refractivity contribution < 1.29 is 9.53 Å². The van der Waals surface area contributed by atoms with Crippen LogP contribution < -0.4 is 5.32 Å². The molecule has 2 aliphatic rings. The Bertz CT molecular complexity index is 770. The summed E-state index contributed by atoms with van der Waals surface area (Å²) in [5, 5.41) is 13.5. The maximum Gasteiger partial charge on any atom is 0.169 e. The lowest BCUT2D eigenvalue weighted by Crippen LogP contribution is -2.29. The van der Waals surface area contributed by atoms with Crippen LogP contribution in [0.4, 0.5) is 0 Å². The first-order valence-corrected chi connectivity index (χ1v) is 10.2. The molecule has 2 fully saturated rings. The first-order valence-electron chi connectivity index (χ1n) is 9.42. The maximum absolute atomic E-state index is 12.5. The number of aromatic nitrogens is 2. The lowest BCUT2D eigenvalue weighted by atomic mass is 10.00. The molecule has 4 rings (SSSR count). The largest absolute Gasteiger partial charge is 0.381 e. The highest BCUT2D eigenvalue weighted by Gasteiger charge is 2.38. The van der Waals surface area contributed by atoms with Gasteiger partial charge in [0.2, 0.25) is 0 Å². The lowest BCUT2D eigenvalue weighted by molar-refractivity contribution is 0.0662. The minimum atomic E-state index is 0.121. The molecule has 6 heteroatoms. The third-order valence-corrected chi connectivity index (χ3v) is 6.16. The molecule has 2 aromatic rings. The highest BCUT2D eigenvalue weighted by molar-refractivity contribution is 7.11. The first-order chi connectivity index (χ1) is 12.7. The minimum absolute atomic E-state index is 0.121. The lowest BCUT2D eigenvalue weighted by Gasteiger charge is -2.22. The predicted molar refractivity (Wildman–Crippen MR) is 102 cm³/mol. The summed E-state index contributed by atoms with van der Waals surface area (Å²) in [5.74, 6) is 1.40. The van der Waals surface area contributed by atoms with Crippen molar-refractivity contribution in [2.75, 3.05) is 19.8 Å². The van der Waals surface area contributed by atoms with E-state index in [2.05, 4.69) is 27.6 Å². The van der Waals surface area contributed by atoms with E-state index in [0.29, 0.717) is 18.4 Å². The Morgan fingerprint density at radius 1 is 1.31 bits per heavy atom. The van der Waals surface area contributed by atoms with Crippen molar-refractivity contribution in [3.63, 3.8) is 0 Å². The van der Waals surface area contributed by atoms with Crippen molar-refractivity contribution in [2.45, 2.75) is 44.6 Å². The summed E-state index contributed by atoms with van der Waals surface area (Å²) in [7, 11) is 0. The van der Waals surface area contributed by atoms with E-state index in [1.807, 2.05) is 19.1 Å². The molecule has 1 aliphatic heterocycles. The van der Waals surface area contributed by atoms with Gasteiger partial charge in [-0.3, -0.25) is 4.79 Å². The van der Waals surface area contributed by atoms with Crippen LogP contribution in [0.25, 0.3) is 0 Å². The van der Waals surface area contributed by atoms with Crippen molar-refractivity contribution in [1.29, 1.82) is 0 Å².